The van der Waals surface area contributed by atoms with Crippen molar-refractivity contribution in [2.24, 2.45) is 0 Å². The second kappa shape index (κ2) is 8.06. The Balaban J connectivity index is 1.81. The molecule has 1 amide bonds. The van der Waals surface area contributed by atoms with Crippen molar-refractivity contribution >= 4 is 38.4 Å². The van der Waals surface area contributed by atoms with Crippen molar-refractivity contribution in [2.75, 3.05) is 0 Å². The summed E-state index contributed by atoms with van der Waals surface area (Å²) in [5.74, 6) is -0.609. The summed E-state index contributed by atoms with van der Waals surface area (Å²) in [5.41, 5.74) is 2.20. The fourth-order valence-corrected chi connectivity index (χ4v) is 4.35. The van der Waals surface area contributed by atoms with Gasteiger partial charge in [0, 0.05) is 16.6 Å². The zero-order valence-electron chi connectivity index (χ0n) is 14.8. The van der Waals surface area contributed by atoms with E-state index in [-0.39, 0.29) is 21.9 Å². The fourth-order valence-electron chi connectivity index (χ4n) is 2.87. The van der Waals surface area contributed by atoms with Crippen molar-refractivity contribution in [2.45, 2.75) is 31.1 Å². The zero-order valence-corrected chi connectivity index (χ0v) is 16.3. The maximum absolute atomic E-state index is 12.7. The smallest absolute Gasteiger partial charge is 0.266 e. The Labute approximate surface area is 163 Å². The summed E-state index contributed by atoms with van der Waals surface area (Å²) in [6, 6.07) is 13.9. The molecule has 3 aromatic rings. The lowest BCUT2D eigenvalue weighted by molar-refractivity contribution is -0.118. The highest BCUT2D eigenvalue weighted by Crippen LogP contribution is 2.25. The van der Waals surface area contributed by atoms with Crippen LogP contribution in [0.5, 0.6) is 0 Å². The van der Waals surface area contributed by atoms with Crippen LogP contribution in [0, 0.1) is 0 Å². The minimum Gasteiger partial charge on any atom is -0.274 e. The molecule has 0 fully saturated rings. The molecule has 7 heteroatoms. The number of carbonyl (C=O) groups is 1. The van der Waals surface area contributed by atoms with Crippen molar-refractivity contribution in [1.82, 2.24) is 9.71 Å². The molecule has 0 aliphatic rings. The lowest BCUT2D eigenvalue weighted by Crippen LogP contribution is -2.32. The molecule has 3 rings (SSSR count). The van der Waals surface area contributed by atoms with Crippen molar-refractivity contribution in [3.63, 3.8) is 0 Å². The number of aryl methyl sites for hydroxylation is 1. The molecule has 0 aliphatic heterocycles. The molecule has 27 heavy (non-hydrogen) atoms. The number of rotatable bonds is 6. The molecule has 1 N–H and O–H groups in total. The van der Waals surface area contributed by atoms with E-state index in [4.69, 9.17) is 11.6 Å². The molecule has 0 radical (unpaired) electrons. The van der Waals surface area contributed by atoms with Crippen LogP contribution in [0.1, 0.15) is 24.5 Å². The third kappa shape index (κ3) is 4.64. The predicted octanol–water partition coefficient (Wildman–Crippen LogP) is 3.89. The summed E-state index contributed by atoms with van der Waals surface area (Å²) >= 11 is 6.03. The normalized spacial score (nSPS) is 11.5. The molecular weight excluding hydrogens is 384 g/mol. The first-order valence-electron chi connectivity index (χ1n) is 8.57. The Morgan fingerprint density at radius 3 is 2.52 bits per heavy atom. The van der Waals surface area contributed by atoms with Gasteiger partial charge in [0.1, 0.15) is 4.90 Å². The SMILES string of the molecule is CCCc1ccc(CC(=O)NS(=O)(=O)c2cc(Cl)cc3cccnc23)cc1. The molecule has 0 atom stereocenters. The number of benzene rings is 2. The number of pyridine rings is 1. The summed E-state index contributed by atoms with van der Waals surface area (Å²) in [7, 11) is -4.09. The van der Waals surface area contributed by atoms with Gasteiger partial charge in [-0.25, -0.2) is 13.1 Å². The van der Waals surface area contributed by atoms with Crippen LogP contribution in [-0.2, 0) is 27.7 Å². The monoisotopic (exact) mass is 402 g/mol. The van der Waals surface area contributed by atoms with Gasteiger partial charge in [-0.1, -0.05) is 55.3 Å². The van der Waals surface area contributed by atoms with E-state index in [0.29, 0.717) is 5.39 Å². The number of amides is 1. The summed E-state index contributed by atoms with van der Waals surface area (Å²) in [6.07, 6.45) is 3.47. The lowest BCUT2D eigenvalue weighted by atomic mass is 10.1. The first kappa shape index (κ1) is 19.3. The molecule has 0 unspecified atom stereocenters. The van der Waals surface area contributed by atoms with Gasteiger partial charge < -0.3 is 0 Å². The van der Waals surface area contributed by atoms with Crippen LogP contribution in [-0.4, -0.2) is 19.3 Å². The minimum absolute atomic E-state index is 0.0302. The van der Waals surface area contributed by atoms with Crippen LogP contribution in [0.15, 0.2) is 59.6 Å². The number of nitrogens with one attached hydrogen (secondary N) is 1. The number of halogens is 1. The third-order valence-electron chi connectivity index (χ3n) is 4.10. The van der Waals surface area contributed by atoms with Crippen molar-refractivity contribution < 1.29 is 13.2 Å². The average Bonchev–Trinajstić information content (AvgIpc) is 2.62. The Kier molecular flexibility index (Phi) is 5.77. The van der Waals surface area contributed by atoms with E-state index >= 15 is 0 Å². The average molecular weight is 403 g/mol. The highest BCUT2D eigenvalue weighted by molar-refractivity contribution is 7.90. The standard InChI is InChI=1S/C20H19ClN2O3S/c1-2-4-14-6-8-15(9-7-14)11-19(24)23-27(25,26)18-13-17(21)12-16-5-3-10-22-20(16)18/h3,5-10,12-13H,2,4,11H2,1H3,(H,23,24). The molecule has 0 aliphatic carbocycles. The zero-order chi connectivity index (χ0) is 19.4. The molecule has 140 valence electrons. The van der Waals surface area contributed by atoms with E-state index in [9.17, 15) is 13.2 Å². The van der Waals surface area contributed by atoms with Crippen molar-refractivity contribution in [1.29, 1.82) is 0 Å². The van der Waals surface area contributed by atoms with Gasteiger partial charge in [-0.05, 0) is 35.7 Å². The molecule has 1 heterocycles. The number of hydrogen-bond donors (Lipinski definition) is 1. The van der Waals surface area contributed by atoms with Gasteiger partial charge in [0.05, 0.1) is 11.9 Å². The van der Waals surface area contributed by atoms with Gasteiger partial charge in [-0.3, -0.25) is 9.78 Å². The summed E-state index contributed by atoms with van der Waals surface area (Å²) in [6.45, 7) is 2.10. The van der Waals surface area contributed by atoms with E-state index in [1.807, 2.05) is 24.3 Å². The highest BCUT2D eigenvalue weighted by atomic mass is 35.5. The van der Waals surface area contributed by atoms with Crippen molar-refractivity contribution in [3.05, 3.63) is 70.9 Å². The second-order valence-electron chi connectivity index (χ2n) is 6.25. The van der Waals surface area contributed by atoms with Crippen LogP contribution < -0.4 is 4.72 Å². The molecular formula is C20H19ClN2O3S. The van der Waals surface area contributed by atoms with E-state index < -0.39 is 15.9 Å². The second-order valence-corrected chi connectivity index (χ2v) is 8.34. The molecule has 0 spiro atoms. The molecule has 2 aromatic carbocycles. The summed E-state index contributed by atoms with van der Waals surface area (Å²) in [5, 5.41) is 0.846. The summed E-state index contributed by atoms with van der Waals surface area (Å²) in [4.78, 5) is 16.3. The van der Waals surface area contributed by atoms with E-state index in [1.54, 1.807) is 18.2 Å². The Morgan fingerprint density at radius 1 is 1.11 bits per heavy atom. The van der Waals surface area contributed by atoms with E-state index in [1.165, 1.54) is 17.8 Å². The van der Waals surface area contributed by atoms with Crippen molar-refractivity contribution in [3.8, 4) is 0 Å². The van der Waals surface area contributed by atoms with Gasteiger partial charge in [-0.2, -0.15) is 0 Å². The first-order chi connectivity index (χ1) is 12.9. The molecule has 5 nitrogen and oxygen atoms in total. The Hall–Kier alpha value is -2.44. The molecule has 1 aromatic heterocycles. The van der Waals surface area contributed by atoms with Crippen LogP contribution >= 0.6 is 11.6 Å². The number of aromatic nitrogens is 1. The fraction of sp³-hybridized carbons (Fsp3) is 0.200. The van der Waals surface area contributed by atoms with E-state index in [2.05, 4.69) is 16.6 Å². The van der Waals surface area contributed by atoms with Crippen LogP contribution in [0.4, 0.5) is 0 Å². The van der Waals surface area contributed by atoms with Crippen LogP contribution in [0.3, 0.4) is 0 Å². The van der Waals surface area contributed by atoms with Gasteiger partial charge in [0.25, 0.3) is 10.0 Å². The van der Waals surface area contributed by atoms with Gasteiger partial charge in [-0.15, -0.1) is 0 Å². The van der Waals surface area contributed by atoms with Crippen LogP contribution in [0.25, 0.3) is 10.9 Å². The molecule has 0 bridgehead atoms. The number of carbonyl (C=O) groups excluding carboxylic acids is 1. The highest BCUT2D eigenvalue weighted by Gasteiger charge is 2.22. The van der Waals surface area contributed by atoms with E-state index in [0.717, 1.165) is 18.4 Å². The first-order valence-corrected chi connectivity index (χ1v) is 10.4. The third-order valence-corrected chi connectivity index (χ3v) is 5.70. The number of hydrogen-bond acceptors (Lipinski definition) is 4. The Morgan fingerprint density at radius 2 is 1.81 bits per heavy atom. The largest absolute Gasteiger partial charge is 0.274 e. The minimum atomic E-state index is -4.09. The number of sulfonamides is 1. The molecule has 0 saturated carbocycles. The van der Waals surface area contributed by atoms with Gasteiger partial charge in [0.15, 0.2) is 0 Å². The quantitative estimate of drug-likeness (QED) is 0.678. The number of nitrogens with zero attached hydrogens (tertiary/aromatic N) is 1. The maximum Gasteiger partial charge on any atom is 0.266 e. The van der Waals surface area contributed by atoms with Crippen LogP contribution in [0.2, 0.25) is 5.02 Å². The predicted molar refractivity (Wildman–Crippen MR) is 106 cm³/mol. The Bertz CT molecular complexity index is 1080. The van der Waals surface area contributed by atoms with Gasteiger partial charge >= 0.3 is 0 Å². The lowest BCUT2D eigenvalue weighted by Gasteiger charge is -2.10. The topological polar surface area (TPSA) is 76.1 Å². The summed E-state index contributed by atoms with van der Waals surface area (Å²) < 4.78 is 27.5. The number of fused-ring (bicyclic) bond motifs is 1. The molecule has 0 saturated heterocycles. The maximum atomic E-state index is 12.7. The van der Waals surface area contributed by atoms with Gasteiger partial charge in [0.2, 0.25) is 5.91 Å².